The van der Waals surface area contributed by atoms with Gasteiger partial charge in [-0.25, -0.2) is 9.78 Å². The van der Waals surface area contributed by atoms with Crippen molar-refractivity contribution in [3.63, 3.8) is 0 Å². The van der Waals surface area contributed by atoms with Crippen LogP contribution in [0.1, 0.15) is 59.5 Å². The van der Waals surface area contributed by atoms with Crippen molar-refractivity contribution < 1.29 is 19.4 Å². The Morgan fingerprint density at radius 1 is 0.909 bits per heavy atom. The van der Waals surface area contributed by atoms with Crippen molar-refractivity contribution in [2.75, 3.05) is 26.3 Å². The molecule has 1 aliphatic heterocycles. The van der Waals surface area contributed by atoms with E-state index in [9.17, 15) is 14.7 Å². The molecule has 0 spiro atoms. The van der Waals surface area contributed by atoms with Gasteiger partial charge in [0.25, 0.3) is 0 Å². The second-order valence-electron chi connectivity index (χ2n) is 12.2. The molecule has 5 aromatic rings. The lowest BCUT2D eigenvalue weighted by Gasteiger charge is -2.28. The summed E-state index contributed by atoms with van der Waals surface area (Å²) < 4.78 is 7.58. The van der Waals surface area contributed by atoms with E-state index in [1.165, 1.54) is 30.4 Å². The van der Waals surface area contributed by atoms with Crippen LogP contribution in [0.5, 0.6) is 0 Å². The first-order chi connectivity index (χ1) is 21.5. The second-order valence-corrected chi connectivity index (χ2v) is 12.2. The normalized spacial score (nSPS) is 16.1. The highest BCUT2D eigenvalue weighted by Crippen LogP contribution is 2.45. The van der Waals surface area contributed by atoms with Gasteiger partial charge in [0.05, 0.1) is 41.2 Å². The van der Waals surface area contributed by atoms with Crippen molar-refractivity contribution >= 4 is 33.7 Å². The predicted octanol–water partition coefficient (Wildman–Crippen LogP) is 7.44. The molecular formula is C37H37N3O4. The molecule has 44 heavy (non-hydrogen) atoms. The fourth-order valence-electron chi connectivity index (χ4n) is 7.08. The van der Waals surface area contributed by atoms with Crippen molar-refractivity contribution in [3.8, 4) is 22.5 Å². The maximum Gasteiger partial charge on any atom is 0.335 e. The maximum atomic E-state index is 13.7. The Morgan fingerprint density at radius 3 is 2.50 bits per heavy atom. The predicted molar refractivity (Wildman–Crippen MR) is 173 cm³/mol. The van der Waals surface area contributed by atoms with E-state index in [0.29, 0.717) is 32.2 Å². The number of hydrogen-bond acceptors (Lipinski definition) is 4. The minimum Gasteiger partial charge on any atom is -0.478 e. The summed E-state index contributed by atoms with van der Waals surface area (Å²) >= 11 is 0. The molecule has 1 N–H and O–H groups in total. The molecule has 7 nitrogen and oxygen atoms in total. The average Bonchev–Trinajstić information content (AvgIpc) is 3.38. The number of carbonyl (C=O) groups is 2. The number of aromatic carboxylic acids is 1. The van der Waals surface area contributed by atoms with Gasteiger partial charge in [0, 0.05) is 29.4 Å². The van der Waals surface area contributed by atoms with Gasteiger partial charge in [-0.15, -0.1) is 0 Å². The Balaban J connectivity index is 1.41. The van der Waals surface area contributed by atoms with E-state index in [2.05, 4.69) is 66.1 Å². The van der Waals surface area contributed by atoms with Gasteiger partial charge in [0.1, 0.15) is 6.54 Å². The van der Waals surface area contributed by atoms with E-state index in [0.717, 1.165) is 57.2 Å². The van der Waals surface area contributed by atoms with Crippen molar-refractivity contribution in [2.45, 2.75) is 51.5 Å². The number of aromatic nitrogens is 2. The minimum atomic E-state index is -0.971. The van der Waals surface area contributed by atoms with Crippen LogP contribution in [0.15, 0.2) is 72.8 Å². The summed E-state index contributed by atoms with van der Waals surface area (Å²) in [5.41, 5.74) is 8.42. The summed E-state index contributed by atoms with van der Waals surface area (Å²) in [5, 5.41) is 12.0. The van der Waals surface area contributed by atoms with Crippen molar-refractivity contribution in [3.05, 3.63) is 89.5 Å². The molecule has 2 aliphatic rings. The number of rotatable bonds is 6. The van der Waals surface area contributed by atoms with Crippen LogP contribution >= 0.6 is 0 Å². The van der Waals surface area contributed by atoms with Gasteiger partial charge in [-0.2, -0.15) is 0 Å². The fraction of sp³-hybridized carbons (Fsp3) is 0.324. The molecule has 0 atom stereocenters. The molecule has 3 heterocycles. The van der Waals surface area contributed by atoms with Gasteiger partial charge in [0.2, 0.25) is 5.91 Å². The highest BCUT2D eigenvalue weighted by atomic mass is 16.5. The van der Waals surface area contributed by atoms with E-state index < -0.39 is 5.97 Å². The third kappa shape index (κ3) is 5.37. The molecule has 0 radical (unpaired) electrons. The van der Waals surface area contributed by atoms with Crippen LogP contribution in [-0.2, 0) is 16.1 Å². The van der Waals surface area contributed by atoms with Crippen LogP contribution in [0.3, 0.4) is 0 Å². The number of aryl methyl sites for hydroxylation is 1. The number of nitrogens with zero attached hydrogens (tertiary/aromatic N) is 3. The maximum absolute atomic E-state index is 13.7. The monoisotopic (exact) mass is 587 g/mol. The molecule has 0 unspecified atom stereocenters. The van der Waals surface area contributed by atoms with Crippen LogP contribution in [0.25, 0.3) is 44.3 Å². The summed E-state index contributed by atoms with van der Waals surface area (Å²) in [7, 11) is 0. The molecular weight excluding hydrogens is 550 g/mol. The Labute approximate surface area is 257 Å². The number of carboxylic acid groups (broad SMARTS) is 1. The lowest BCUT2D eigenvalue weighted by atomic mass is 9.81. The Hall–Kier alpha value is -4.49. The summed E-state index contributed by atoms with van der Waals surface area (Å²) in [6.45, 7) is 4.42. The van der Waals surface area contributed by atoms with Crippen LogP contribution in [0.2, 0.25) is 0 Å². The zero-order valence-electron chi connectivity index (χ0n) is 25.1. The van der Waals surface area contributed by atoms with E-state index >= 15 is 0 Å². The summed E-state index contributed by atoms with van der Waals surface area (Å²) in [6.07, 6.45) is 5.73. The quantitative estimate of drug-likeness (QED) is 0.223. The fourth-order valence-corrected chi connectivity index (χ4v) is 7.08. The van der Waals surface area contributed by atoms with Gasteiger partial charge in [-0.1, -0.05) is 61.2 Å². The molecule has 1 saturated carbocycles. The lowest BCUT2D eigenvalue weighted by Crippen LogP contribution is -2.42. The minimum absolute atomic E-state index is 0.0209. The highest BCUT2D eigenvalue weighted by molar-refractivity contribution is 6.00. The van der Waals surface area contributed by atoms with Crippen molar-refractivity contribution in [1.82, 2.24) is 14.5 Å². The van der Waals surface area contributed by atoms with Crippen LogP contribution < -0.4 is 0 Å². The first-order valence-electron chi connectivity index (χ1n) is 15.7. The highest BCUT2D eigenvalue weighted by Gasteiger charge is 2.29. The molecule has 1 saturated heterocycles. The number of pyridine rings is 1. The molecule has 224 valence electrons. The second kappa shape index (κ2) is 11.9. The standard InChI is InChI=1S/C37H37N3O4/c1-24-6-5-9-26(20-24)31-14-11-27-21-28(12-15-32(27)38-31)36-35(25-7-3-2-4-8-25)30-13-10-29(37(42)43)22-33(30)40(36)23-34(41)39-16-18-44-19-17-39/h5-6,9-15,20-22,25H,2-4,7-8,16-19,23H2,1H3,(H,42,43). The summed E-state index contributed by atoms with van der Waals surface area (Å²) in [5.74, 6) is -0.608. The van der Waals surface area contributed by atoms with Gasteiger partial charge < -0.3 is 19.3 Å². The number of carbonyl (C=O) groups excluding carboxylic acids is 1. The molecule has 3 aromatic carbocycles. The number of benzene rings is 3. The first kappa shape index (κ1) is 28.3. The summed E-state index contributed by atoms with van der Waals surface area (Å²) in [6, 6.07) is 24.3. The van der Waals surface area contributed by atoms with E-state index in [-0.39, 0.29) is 18.0 Å². The van der Waals surface area contributed by atoms with Gasteiger partial charge in [-0.3, -0.25) is 4.79 Å². The van der Waals surface area contributed by atoms with Crippen molar-refractivity contribution in [2.24, 2.45) is 0 Å². The SMILES string of the molecule is Cc1cccc(-c2ccc3cc(-c4c(C5CCCCC5)c5ccc(C(=O)O)cc5n4CC(=O)N4CCOCC4)ccc3n2)c1. The van der Waals surface area contributed by atoms with Crippen molar-refractivity contribution in [1.29, 1.82) is 0 Å². The number of ether oxygens (including phenoxy) is 1. The Morgan fingerprint density at radius 2 is 1.73 bits per heavy atom. The average molecular weight is 588 g/mol. The molecule has 2 aromatic heterocycles. The third-order valence-electron chi connectivity index (χ3n) is 9.30. The Bertz CT molecular complexity index is 1880. The van der Waals surface area contributed by atoms with Gasteiger partial charge in [-0.05, 0) is 73.2 Å². The largest absolute Gasteiger partial charge is 0.478 e. The first-order valence-corrected chi connectivity index (χ1v) is 15.7. The zero-order chi connectivity index (χ0) is 30.2. The molecule has 7 rings (SSSR count). The van der Waals surface area contributed by atoms with E-state index in [4.69, 9.17) is 9.72 Å². The number of amides is 1. The molecule has 2 fully saturated rings. The van der Waals surface area contributed by atoms with Gasteiger partial charge in [0.15, 0.2) is 0 Å². The lowest BCUT2D eigenvalue weighted by molar-refractivity contribution is -0.135. The Kier molecular flexibility index (Phi) is 7.64. The smallest absolute Gasteiger partial charge is 0.335 e. The number of morpholine rings is 1. The molecule has 1 aliphatic carbocycles. The topological polar surface area (TPSA) is 84.7 Å². The van der Waals surface area contributed by atoms with Gasteiger partial charge >= 0.3 is 5.97 Å². The van der Waals surface area contributed by atoms with Crippen LogP contribution in [0.4, 0.5) is 0 Å². The third-order valence-corrected chi connectivity index (χ3v) is 9.30. The molecule has 7 heteroatoms. The summed E-state index contributed by atoms with van der Waals surface area (Å²) in [4.78, 5) is 32.7. The molecule has 0 bridgehead atoms. The van der Waals surface area contributed by atoms with E-state index in [1.807, 2.05) is 11.0 Å². The number of fused-ring (bicyclic) bond motifs is 2. The zero-order valence-corrected chi connectivity index (χ0v) is 25.1. The van der Waals surface area contributed by atoms with Crippen LogP contribution in [0, 0.1) is 6.92 Å². The molecule has 1 amide bonds. The van der Waals surface area contributed by atoms with Crippen LogP contribution in [-0.4, -0.2) is 57.7 Å². The number of carboxylic acids is 1. The number of hydrogen-bond donors (Lipinski definition) is 1. The van der Waals surface area contributed by atoms with E-state index in [1.54, 1.807) is 12.1 Å².